The molecule has 0 radical (unpaired) electrons. The quantitative estimate of drug-likeness (QED) is 0.409. The molecule has 0 aliphatic rings. The minimum Gasteiger partial charge on any atom is -0.360 e. The summed E-state index contributed by atoms with van der Waals surface area (Å²) in [6.45, 7) is 3.49. The summed E-state index contributed by atoms with van der Waals surface area (Å²) in [5, 5.41) is 4.39. The standard InChI is InChI=1S/C24H22ClN3O3S/c1-3-32(30,31)17-9-7-16(8-10-17)13-23(29)28-22-12-11-18(15(2)27-22)19-5-4-6-21-24(19)20(25)14-26-21/h4-12,14,26H,3,13H2,1-2H3,(H,27,28,29). The number of hydrogen-bond donors (Lipinski definition) is 2. The number of hydrogen-bond acceptors (Lipinski definition) is 4. The number of aromatic nitrogens is 2. The van der Waals surface area contributed by atoms with Crippen molar-refractivity contribution in [3.63, 3.8) is 0 Å². The lowest BCUT2D eigenvalue weighted by Crippen LogP contribution is -2.15. The highest BCUT2D eigenvalue weighted by Crippen LogP contribution is 2.35. The Bertz CT molecular complexity index is 1410. The zero-order valence-corrected chi connectivity index (χ0v) is 19.2. The Morgan fingerprint density at radius 3 is 2.50 bits per heavy atom. The fourth-order valence-electron chi connectivity index (χ4n) is 3.64. The third-order valence-corrected chi connectivity index (χ3v) is 7.38. The largest absolute Gasteiger partial charge is 0.360 e. The van der Waals surface area contributed by atoms with Crippen LogP contribution in [0.1, 0.15) is 18.2 Å². The van der Waals surface area contributed by atoms with Gasteiger partial charge in [-0.3, -0.25) is 4.79 Å². The molecule has 32 heavy (non-hydrogen) atoms. The van der Waals surface area contributed by atoms with Gasteiger partial charge in [-0.25, -0.2) is 13.4 Å². The summed E-state index contributed by atoms with van der Waals surface area (Å²) >= 11 is 6.36. The van der Waals surface area contributed by atoms with Gasteiger partial charge in [-0.2, -0.15) is 0 Å². The van der Waals surface area contributed by atoms with Crippen molar-refractivity contribution in [1.82, 2.24) is 9.97 Å². The van der Waals surface area contributed by atoms with Gasteiger partial charge in [-0.15, -0.1) is 0 Å². The van der Waals surface area contributed by atoms with E-state index in [-0.39, 0.29) is 23.0 Å². The van der Waals surface area contributed by atoms with Gasteiger partial charge >= 0.3 is 0 Å². The van der Waals surface area contributed by atoms with Crippen LogP contribution >= 0.6 is 11.6 Å². The lowest BCUT2D eigenvalue weighted by molar-refractivity contribution is -0.115. The molecule has 0 aliphatic carbocycles. The summed E-state index contributed by atoms with van der Waals surface area (Å²) in [7, 11) is -3.26. The van der Waals surface area contributed by atoms with Crippen molar-refractivity contribution in [3.05, 3.63) is 77.1 Å². The summed E-state index contributed by atoms with van der Waals surface area (Å²) < 4.78 is 23.8. The van der Waals surface area contributed by atoms with Crippen molar-refractivity contribution in [2.75, 3.05) is 11.1 Å². The Morgan fingerprint density at radius 1 is 1.06 bits per heavy atom. The molecule has 0 atom stereocenters. The number of carbonyl (C=O) groups excluding carboxylic acids is 1. The molecule has 2 aromatic carbocycles. The Balaban J connectivity index is 1.50. The van der Waals surface area contributed by atoms with Crippen molar-refractivity contribution in [2.45, 2.75) is 25.2 Å². The van der Waals surface area contributed by atoms with E-state index in [1.54, 1.807) is 31.3 Å². The summed E-state index contributed by atoms with van der Waals surface area (Å²) in [5.74, 6) is 0.263. The van der Waals surface area contributed by atoms with Crippen LogP contribution in [0.2, 0.25) is 5.02 Å². The van der Waals surface area contributed by atoms with E-state index < -0.39 is 9.84 Å². The summed E-state index contributed by atoms with van der Waals surface area (Å²) in [6, 6.07) is 16.0. The monoisotopic (exact) mass is 467 g/mol. The van der Waals surface area contributed by atoms with Crippen molar-refractivity contribution >= 4 is 44.1 Å². The first-order chi connectivity index (χ1) is 15.3. The van der Waals surface area contributed by atoms with E-state index in [1.165, 1.54) is 12.1 Å². The molecule has 0 fully saturated rings. The molecule has 4 aromatic rings. The molecule has 0 bridgehead atoms. The highest BCUT2D eigenvalue weighted by atomic mass is 35.5. The molecule has 164 valence electrons. The van der Waals surface area contributed by atoms with Crippen molar-refractivity contribution in [2.24, 2.45) is 0 Å². The maximum atomic E-state index is 12.5. The average molecular weight is 468 g/mol. The van der Waals surface area contributed by atoms with E-state index in [1.807, 2.05) is 31.2 Å². The normalized spacial score (nSPS) is 11.6. The number of nitrogens with one attached hydrogen (secondary N) is 2. The first-order valence-electron chi connectivity index (χ1n) is 10.1. The highest BCUT2D eigenvalue weighted by molar-refractivity contribution is 7.91. The minimum absolute atomic E-state index is 0.0403. The SMILES string of the molecule is CCS(=O)(=O)c1ccc(CC(=O)Nc2ccc(-c3cccc4[nH]cc(Cl)c34)c(C)n2)cc1. The molecule has 8 heteroatoms. The molecular weight excluding hydrogens is 446 g/mol. The van der Waals surface area contributed by atoms with E-state index >= 15 is 0 Å². The van der Waals surface area contributed by atoms with Gasteiger partial charge in [-0.1, -0.05) is 42.8 Å². The van der Waals surface area contributed by atoms with Gasteiger partial charge in [0.2, 0.25) is 5.91 Å². The van der Waals surface area contributed by atoms with Crippen LogP contribution in [0.5, 0.6) is 0 Å². The maximum Gasteiger partial charge on any atom is 0.229 e. The number of fused-ring (bicyclic) bond motifs is 1. The van der Waals surface area contributed by atoms with Crippen LogP contribution in [-0.4, -0.2) is 30.0 Å². The molecular formula is C24H22ClN3O3S. The van der Waals surface area contributed by atoms with Gasteiger partial charge in [0.15, 0.2) is 9.84 Å². The van der Waals surface area contributed by atoms with Crippen LogP contribution in [0, 0.1) is 6.92 Å². The summed E-state index contributed by atoms with van der Waals surface area (Å²) in [5.41, 5.74) is 4.34. The first-order valence-corrected chi connectivity index (χ1v) is 12.2. The maximum absolute atomic E-state index is 12.5. The zero-order chi connectivity index (χ0) is 22.9. The number of halogens is 1. The summed E-state index contributed by atoms with van der Waals surface area (Å²) in [4.78, 5) is 20.4. The minimum atomic E-state index is -3.26. The molecule has 2 heterocycles. The lowest BCUT2D eigenvalue weighted by Gasteiger charge is -2.11. The molecule has 0 spiro atoms. The van der Waals surface area contributed by atoms with Crippen LogP contribution < -0.4 is 5.32 Å². The van der Waals surface area contributed by atoms with Crippen molar-refractivity contribution in [3.8, 4) is 11.1 Å². The lowest BCUT2D eigenvalue weighted by atomic mass is 10.0. The summed E-state index contributed by atoms with van der Waals surface area (Å²) in [6.07, 6.45) is 1.88. The molecule has 0 saturated carbocycles. The van der Waals surface area contributed by atoms with Gasteiger partial charge in [0.05, 0.1) is 22.1 Å². The molecule has 2 aromatic heterocycles. The van der Waals surface area contributed by atoms with Gasteiger partial charge in [0.1, 0.15) is 5.82 Å². The second-order valence-corrected chi connectivity index (χ2v) is 10.2. The predicted octanol–water partition coefficient (Wildman–Crippen LogP) is 5.17. The molecule has 0 aliphatic heterocycles. The highest BCUT2D eigenvalue weighted by Gasteiger charge is 2.14. The number of aromatic amines is 1. The van der Waals surface area contributed by atoms with Crippen LogP contribution in [0.25, 0.3) is 22.0 Å². The van der Waals surface area contributed by atoms with Gasteiger partial charge in [0.25, 0.3) is 0 Å². The zero-order valence-electron chi connectivity index (χ0n) is 17.6. The number of H-pyrrole nitrogens is 1. The van der Waals surface area contributed by atoms with E-state index in [4.69, 9.17) is 11.6 Å². The second kappa shape index (κ2) is 8.76. The van der Waals surface area contributed by atoms with E-state index in [2.05, 4.69) is 15.3 Å². The number of benzene rings is 2. The number of anilines is 1. The number of pyridine rings is 1. The van der Waals surface area contributed by atoms with E-state index in [0.717, 1.165) is 33.3 Å². The van der Waals surface area contributed by atoms with Crippen LogP contribution in [0.4, 0.5) is 5.82 Å². The smallest absolute Gasteiger partial charge is 0.229 e. The fraction of sp³-hybridized carbons (Fsp3) is 0.167. The average Bonchev–Trinajstić information content (AvgIpc) is 3.15. The van der Waals surface area contributed by atoms with Gasteiger partial charge in [0, 0.05) is 28.4 Å². The second-order valence-electron chi connectivity index (χ2n) is 7.47. The Labute approximate surface area is 191 Å². The van der Waals surface area contributed by atoms with Crippen molar-refractivity contribution in [1.29, 1.82) is 0 Å². The number of amides is 1. The van der Waals surface area contributed by atoms with Crippen molar-refractivity contribution < 1.29 is 13.2 Å². The third kappa shape index (κ3) is 4.40. The molecule has 4 rings (SSSR count). The molecule has 1 amide bonds. The Morgan fingerprint density at radius 2 is 1.81 bits per heavy atom. The fourth-order valence-corrected chi connectivity index (χ4v) is 4.78. The number of aryl methyl sites for hydroxylation is 1. The molecule has 6 nitrogen and oxygen atoms in total. The molecule has 2 N–H and O–H groups in total. The number of rotatable bonds is 6. The molecule has 0 saturated heterocycles. The third-order valence-electron chi connectivity index (χ3n) is 5.33. The Kier molecular flexibility index (Phi) is 6.04. The van der Waals surface area contributed by atoms with Gasteiger partial charge in [-0.05, 0) is 48.4 Å². The van der Waals surface area contributed by atoms with Crippen LogP contribution in [0.15, 0.2) is 65.7 Å². The Hall–Kier alpha value is -3.16. The molecule has 0 unspecified atom stereocenters. The first kappa shape index (κ1) is 22.0. The van der Waals surface area contributed by atoms with Crippen LogP contribution in [-0.2, 0) is 21.1 Å². The number of carbonyl (C=O) groups is 1. The van der Waals surface area contributed by atoms with Crippen LogP contribution in [0.3, 0.4) is 0 Å². The van der Waals surface area contributed by atoms with E-state index in [9.17, 15) is 13.2 Å². The van der Waals surface area contributed by atoms with E-state index in [0.29, 0.717) is 10.8 Å². The number of nitrogens with zero attached hydrogens (tertiary/aromatic N) is 1. The predicted molar refractivity (Wildman–Crippen MR) is 128 cm³/mol. The topological polar surface area (TPSA) is 91.9 Å². The van der Waals surface area contributed by atoms with Gasteiger partial charge < -0.3 is 10.3 Å². The number of sulfone groups is 1.